The maximum Gasteiger partial charge on any atom is 0.258 e. The second kappa shape index (κ2) is 7.47. The molecular formula is C14H19FN2O3. The van der Waals surface area contributed by atoms with Crippen molar-refractivity contribution in [2.24, 2.45) is 0 Å². The standard InChI is InChI=1S/C14H19FN2O3/c1-3-17(4-2)12(19)8-9-16-14(20)13-10(15)6-5-7-11(13)18/h5-7,18H,3-4,8-9H2,1-2H3,(H,16,20). The molecule has 1 rings (SSSR count). The number of aromatic hydroxyl groups is 1. The van der Waals surface area contributed by atoms with Crippen molar-refractivity contribution in [3.63, 3.8) is 0 Å². The minimum absolute atomic E-state index is 0.0759. The van der Waals surface area contributed by atoms with Gasteiger partial charge in [0.2, 0.25) is 5.91 Å². The highest BCUT2D eigenvalue weighted by Gasteiger charge is 2.16. The normalized spacial score (nSPS) is 10.2. The highest BCUT2D eigenvalue weighted by molar-refractivity contribution is 5.97. The average molecular weight is 282 g/mol. The zero-order valence-corrected chi connectivity index (χ0v) is 11.6. The van der Waals surface area contributed by atoms with Gasteiger partial charge in [-0.25, -0.2) is 4.39 Å². The van der Waals surface area contributed by atoms with Crippen molar-refractivity contribution in [1.82, 2.24) is 10.2 Å². The summed E-state index contributed by atoms with van der Waals surface area (Å²) in [7, 11) is 0. The zero-order chi connectivity index (χ0) is 15.1. The van der Waals surface area contributed by atoms with Crippen LogP contribution in [0.25, 0.3) is 0 Å². The number of amides is 2. The molecule has 0 aliphatic carbocycles. The van der Waals surface area contributed by atoms with E-state index in [2.05, 4.69) is 5.32 Å². The SMILES string of the molecule is CCN(CC)C(=O)CCNC(=O)c1c(O)cccc1F. The van der Waals surface area contributed by atoms with Gasteiger partial charge in [0.05, 0.1) is 0 Å². The lowest BCUT2D eigenvalue weighted by atomic mass is 10.1. The predicted molar refractivity (Wildman–Crippen MR) is 72.9 cm³/mol. The molecular weight excluding hydrogens is 263 g/mol. The topological polar surface area (TPSA) is 69.6 Å². The first-order valence-electron chi connectivity index (χ1n) is 6.54. The van der Waals surface area contributed by atoms with Crippen LogP contribution in [0.4, 0.5) is 4.39 Å². The molecule has 0 aromatic heterocycles. The summed E-state index contributed by atoms with van der Waals surface area (Å²) in [6, 6.07) is 3.64. The molecule has 5 nitrogen and oxygen atoms in total. The molecule has 0 fully saturated rings. The average Bonchev–Trinajstić information content (AvgIpc) is 2.40. The van der Waals surface area contributed by atoms with Crippen LogP contribution in [-0.4, -0.2) is 41.5 Å². The predicted octanol–water partition coefficient (Wildman–Crippen LogP) is 1.52. The fourth-order valence-electron chi connectivity index (χ4n) is 1.84. The molecule has 1 aromatic carbocycles. The third kappa shape index (κ3) is 3.94. The Balaban J connectivity index is 2.54. The Morgan fingerprint density at radius 2 is 1.95 bits per heavy atom. The Kier molecular flexibility index (Phi) is 5.96. The molecule has 0 aliphatic heterocycles. The maximum atomic E-state index is 13.4. The van der Waals surface area contributed by atoms with Gasteiger partial charge in [0.1, 0.15) is 17.1 Å². The number of carbonyl (C=O) groups excluding carboxylic acids is 2. The summed E-state index contributed by atoms with van der Waals surface area (Å²) in [6.07, 6.45) is 0.142. The summed E-state index contributed by atoms with van der Waals surface area (Å²) in [5.74, 6) is -2.02. The number of phenols is 1. The van der Waals surface area contributed by atoms with Gasteiger partial charge in [-0.2, -0.15) is 0 Å². The van der Waals surface area contributed by atoms with Crippen LogP contribution in [0.15, 0.2) is 18.2 Å². The van der Waals surface area contributed by atoms with E-state index in [9.17, 15) is 19.1 Å². The molecule has 20 heavy (non-hydrogen) atoms. The minimum Gasteiger partial charge on any atom is -0.507 e. The quantitative estimate of drug-likeness (QED) is 0.831. The highest BCUT2D eigenvalue weighted by Crippen LogP contribution is 2.19. The van der Waals surface area contributed by atoms with Gasteiger partial charge in [-0.15, -0.1) is 0 Å². The van der Waals surface area contributed by atoms with Crippen LogP contribution in [0.5, 0.6) is 5.75 Å². The van der Waals surface area contributed by atoms with E-state index in [0.29, 0.717) is 13.1 Å². The van der Waals surface area contributed by atoms with Crippen molar-refractivity contribution in [2.75, 3.05) is 19.6 Å². The summed E-state index contributed by atoms with van der Waals surface area (Å²) >= 11 is 0. The second-order valence-electron chi connectivity index (χ2n) is 4.21. The third-order valence-corrected chi connectivity index (χ3v) is 2.96. The van der Waals surface area contributed by atoms with Crippen molar-refractivity contribution in [1.29, 1.82) is 0 Å². The Labute approximate surface area is 117 Å². The van der Waals surface area contributed by atoms with Crippen LogP contribution in [0.2, 0.25) is 0 Å². The van der Waals surface area contributed by atoms with E-state index in [4.69, 9.17) is 0 Å². The van der Waals surface area contributed by atoms with E-state index in [1.165, 1.54) is 12.1 Å². The molecule has 2 N–H and O–H groups in total. The number of hydrogen-bond acceptors (Lipinski definition) is 3. The molecule has 0 bridgehead atoms. The van der Waals surface area contributed by atoms with Crippen molar-refractivity contribution in [3.8, 4) is 5.75 Å². The molecule has 0 saturated heterocycles. The van der Waals surface area contributed by atoms with Crippen molar-refractivity contribution in [3.05, 3.63) is 29.6 Å². The molecule has 6 heteroatoms. The Bertz CT molecular complexity index is 467. The maximum absolute atomic E-state index is 13.4. The first-order chi connectivity index (χ1) is 9.51. The largest absolute Gasteiger partial charge is 0.507 e. The monoisotopic (exact) mass is 282 g/mol. The summed E-state index contributed by atoms with van der Waals surface area (Å²) in [4.78, 5) is 25.1. The van der Waals surface area contributed by atoms with Crippen LogP contribution in [0.1, 0.15) is 30.6 Å². The van der Waals surface area contributed by atoms with E-state index in [0.717, 1.165) is 6.07 Å². The number of halogens is 1. The van der Waals surface area contributed by atoms with Crippen molar-refractivity contribution < 1.29 is 19.1 Å². The lowest BCUT2D eigenvalue weighted by Crippen LogP contribution is -2.34. The molecule has 110 valence electrons. The van der Waals surface area contributed by atoms with Gasteiger partial charge in [0.25, 0.3) is 5.91 Å². The summed E-state index contributed by atoms with van der Waals surface area (Å²) in [6.45, 7) is 5.06. The van der Waals surface area contributed by atoms with Crippen molar-refractivity contribution >= 4 is 11.8 Å². The lowest BCUT2D eigenvalue weighted by molar-refractivity contribution is -0.130. The third-order valence-electron chi connectivity index (χ3n) is 2.96. The Morgan fingerprint density at radius 1 is 1.30 bits per heavy atom. The van der Waals surface area contributed by atoms with E-state index in [1.54, 1.807) is 4.90 Å². The minimum atomic E-state index is -0.794. The van der Waals surface area contributed by atoms with E-state index in [1.807, 2.05) is 13.8 Å². The number of phenolic OH excluding ortho intramolecular Hbond substituents is 1. The van der Waals surface area contributed by atoms with Gasteiger partial charge >= 0.3 is 0 Å². The smallest absolute Gasteiger partial charge is 0.258 e. The number of benzene rings is 1. The highest BCUT2D eigenvalue weighted by atomic mass is 19.1. The number of carbonyl (C=O) groups is 2. The zero-order valence-electron chi connectivity index (χ0n) is 11.6. The summed E-state index contributed by atoms with van der Waals surface area (Å²) in [5, 5.41) is 11.9. The van der Waals surface area contributed by atoms with Gasteiger partial charge in [0, 0.05) is 26.1 Å². The van der Waals surface area contributed by atoms with E-state index >= 15 is 0 Å². The molecule has 2 amide bonds. The number of nitrogens with one attached hydrogen (secondary N) is 1. The van der Waals surface area contributed by atoms with Gasteiger partial charge in [-0.3, -0.25) is 9.59 Å². The fraction of sp³-hybridized carbons (Fsp3) is 0.429. The number of hydrogen-bond donors (Lipinski definition) is 2. The molecule has 0 saturated carbocycles. The fourth-order valence-corrected chi connectivity index (χ4v) is 1.84. The number of nitrogens with zero attached hydrogens (tertiary/aromatic N) is 1. The van der Waals surface area contributed by atoms with E-state index in [-0.39, 0.29) is 18.9 Å². The van der Waals surface area contributed by atoms with Gasteiger partial charge < -0.3 is 15.3 Å². The molecule has 0 heterocycles. The summed E-state index contributed by atoms with van der Waals surface area (Å²) < 4.78 is 13.4. The first kappa shape index (κ1) is 15.9. The van der Waals surface area contributed by atoms with Crippen molar-refractivity contribution in [2.45, 2.75) is 20.3 Å². The van der Waals surface area contributed by atoms with Crippen LogP contribution in [0, 0.1) is 5.82 Å². The van der Waals surface area contributed by atoms with Gasteiger partial charge in [0.15, 0.2) is 0 Å². The first-order valence-corrected chi connectivity index (χ1v) is 6.54. The lowest BCUT2D eigenvalue weighted by Gasteiger charge is -2.18. The van der Waals surface area contributed by atoms with Crippen LogP contribution >= 0.6 is 0 Å². The Morgan fingerprint density at radius 3 is 2.50 bits per heavy atom. The van der Waals surface area contributed by atoms with E-state index < -0.39 is 23.0 Å². The molecule has 0 atom stereocenters. The molecule has 0 spiro atoms. The summed E-state index contributed by atoms with van der Waals surface area (Å²) in [5.41, 5.74) is -0.400. The number of rotatable bonds is 6. The molecule has 0 aliphatic rings. The molecule has 1 aromatic rings. The van der Waals surface area contributed by atoms with Crippen LogP contribution in [-0.2, 0) is 4.79 Å². The second-order valence-corrected chi connectivity index (χ2v) is 4.21. The molecule has 0 radical (unpaired) electrons. The van der Waals surface area contributed by atoms with Crippen LogP contribution < -0.4 is 5.32 Å². The van der Waals surface area contributed by atoms with Gasteiger partial charge in [-0.1, -0.05) is 6.07 Å². The Hall–Kier alpha value is -2.11. The van der Waals surface area contributed by atoms with Gasteiger partial charge in [-0.05, 0) is 26.0 Å². The molecule has 0 unspecified atom stereocenters. The van der Waals surface area contributed by atoms with Crippen LogP contribution in [0.3, 0.4) is 0 Å².